The lowest BCUT2D eigenvalue weighted by Crippen LogP contribution is -2.58. The predicted molar refractivity (Wildman–Crippen MR) is 101 cm³/mol. The molecule has 1 saturated heterocycles. The summed E-state index contributed by atoms with van der Waals surface area (Å²) in [6.45, 7) is 3.94. The highest BCUT2D eigenvalue weighted by molar-refractivity contribution is 6.43. The summed E-state index contributed by atoms with van der Waals surface area (Å²) in [5, 5.41) is 32.5. The van der Waals surface area contributed by atoms with Crippen molar-refractivity contribution in [1.29, 1.82) is 5.26 Å². The second-order valence-corrected chi connectivity index (χ2v) is 7.21. The third kappa shape index (κ3) is 5.44. The maximum absolute atomic E-state index is 14.1. The molecule has 150 valence electrons. The van der Waals surface area contributed by atoms with Crippen molar-refractivity contribution in [3.8, 4) is 6.07 Å². The highest BCUT2D eigenvalue weighted by Gasteiger charge is 2.36. The number of hydrogen-bond donors (Lipinski definition) is 4. The fourth-order valence-electron chi connectivity index (χ4n) is 3.06. The van der Waals surface area contributed by atoms with Gasteiger partial charge in [-0.25, -0.2) is 4.39 Å². The molecule has 10 heteroatoms. The van der Waals surface area contributed by atoms with Crippen molar-refractivity contribution in [3.05, 3.63) is 29.6 Å². The summed E-state index contributed by atoms with van der Waals surface area (Å²) in [7, 11) is -1.69. The Morgan fingerprint density at radius 3 is 2.64 bits per heavy atom. The quantitative estimate of drug-likeness (QED) is 0.461. The van der Waals surface area contributed by atoms with Crippen LogP contribution < -0.4 is 15.5 Å². The van der Waals surface area contributed by atoms with Crippen LogP contribution in [-0.2, 0) is 9.59 Å². The van der Waals surface area contributed by atoms with Crippen LogP contribution in [0.1, 0.15) is 32.3 Å². The molecule has 0 bridgehead atoms. The van der Waals surface area contributed by atoms with Crippen LogP contribution in [0, 0.1) is 23.1 Å². The van der Waals surface area contributed by atoms with E-state index in [1.807, 2.05) is 19.9 Å². The zero-order valence-electron chi connectivity index (χ0n) is 15.9. The maximum atomic E-state index is 14.1. The van der Waals surface area contributed by atoms with Gasteiger partial charge in [-0.1, -0.05) is 13.8 Å². The van der Waals surface area contributed by atoms with Crippen LogP contribution in [0.25, 0.3) is 0 Å². The van der Waals surface area contributed by atoms with Gasteiger partial charge < -0.3 is 25.6 Å². The summed E-state index contributed by atoms with van der Waals surface area (Å²) < 4.78 is 14.1. The monoisotopic (exact) mass is 390 g/mol. The molecule has 1 heterocycles. The number of amides is 2. The summed E-state index contributed by atoms with van der Waals surface area (Å²) in [5.41, 5.74) is 0.428. The summed E-state index contributed by atoms with van der Waals surface area (Å²) in [4.78, 5) is 25.9. The van der Waals surface area contributed by atoms with Crippen molar-refractivity contribution < 1.29 is 24.0 Å². The highest BCUT2D eigenvalue weighted by Crippen LogP contribution is 2.29. The Labute approximate surface area is 163 Å². The molecule has 1 aliphatic rings. The van der Waals surface area contributed by atoms with Gasteiger partial charge in [0.15, 0.2) is 0 Å². The number of nitrogens with zero attached hydrogens (tertiary/aromatic N) is 2. The Hall–Kier alpha value is -2.64. The molecule has 1 fully saturated rings. The average Bonchev–Trinajstić information content (AvgIpc) is 2.59. The van der Waals surface area contributed by atoms with E-state index in [-0.39, 0.29) is 23.7 Å². The third-order valence-electron chi connectivity index (χ3n) is 4.56. The summed E-state index contributed by atoms with van der Waals surface area (Å²) in [5.74, 6) is -2.22. The van der Waals surface area contributed by atoms with Gasteiger partial charge >= 0.3 is 7.12 Å². The van der Waals surface area contributed by atoms with Gasteiger partial charge in [0.1, 0.15) is 11.9 Å². The van der Waals surface area contributed by atoms with Gasteiger partial charge in [-0.15, -0.1) is 0 Å². The molecule has 28 heavy (non-hydrogen) atoms. The summed E-state index contributed by atoms with van der Waals surface area (Å²) in [6, 6.07) is 5.30. The minimum atomic E-state index is -1.69. The Bertz CT molecular complexity index is 768. The Morgan fingerprint density at radius 1 is 1.43 bits per heavy atom. The SMILES string of the molecule is CC(C)C[C@@H](NC(=O)CNC(=O)[C@@H]1CCN1c1ccc(C#N)cc1F)B(O)O. The molecule has 2 rings (SSSR count). The smallest absolute Gasteiger partial charge is 0.426 e. The molecule has 1 aromatic rings. The fraction of sp³-hybridized carbons (Fsp3) is 0.500. The number of nitriles is 1. The summed E-state index contributed by atoms with van der Waals surface area (Å²) >= 11 is 0. The molecule has 2 amide bonds. The number of nitrogens with one attached hydrogen (secondary N) is 2. The van der Waals surface area contributed by atoms with E-state index < -0.39 is 36.7 Å². The second kappa shape index (κ2) is 9.53. The van der Waals surface area contributed by atoms with Gasteiger partial charge in [0.25, 0.3) is 0 Å². The predicted octanol–water partition coefficient (Wildman–Crippen LogP) is -0.0648. The van der Waals surface area contributed by atoms with Crippen LogP contribution in [0.5, 0.6) is 0 Å². The van der Waals surface area contributed by atoms with Crippen LogP contribution in [0.4, 0.5) is 10.1 Å². The van der Waals surface area contributed by atoms with Crippen molar-refractivity contribution in [2.45, 2.75) is 38.7 Å². The van der Waals surface area contributed by atoms with E-state index in [2.05, 4.69) is 10.6 Å². The molecular weight excluding hydrogens is 366 g/mol. The lowest BCUT2D eigenvalue weighted by Gasteiger charge is -2.41. The zero-order valence-corrected chi connectivity index (χ0v) is 15.9. The number of carbonyl (C=O) groups is 2. The first kappa shape index (κ1) is 21.7. The molecule has 0 radical (unpaired) electrons. The number of anilines is 1. The van der Waals surface area contributed by atoms with Crippen LogP contribution in [0.15, 0.2) is 18.2 Å². The largest absolute Gasteiger partial charge is 0.475 e. The minimum Gasteiger partial charge on any atom is -0.426 e. The van der Waals surface area contributed by atoms with Crippen molar-refractivity contribution in [2.75, 3.05) is 18.0 Å². The summed E-state index contributed by atoms with van der Waals surface area (Å²) in [6.07, 6.45) is 0.893. The van der Waals surface area contributed by atoms with Crippen molar-refractivity contribution in [2.24, 2.45) is 5.92 Å². The van der Waals surface area contributed by atoms with Crippen LogP contribution in [0.2, 0.25) is 0 Å². The molecule has 8 nitrogen and oxygen atoms in total. The van der Waals surface area contributed by atoms with Gasteiger partial charge in [0.2, 0.25) is 11.8 Å². The van der Waals surface area contributed by atoms with E-state index in [0.29, 0.717) is 19.4 Å². The molecule has 1 aromatic carbocycles. The first-order chi connectivity index (χ1) is 13.2. The van der Waals surface area contributed by atoms with Crippen LogP contribution in [0.3, 0.4) is 0 Å². The molecule has 0 aliphatic carbocycles. The van der Waals surface area contributed by atoms with E-state index in [9.17, 15) is 24.0 Å². The first-order valence-electron chi connectivity index (χ1n) is 9.12. The van der Waals surface area contributed by atoms with Crippen molar-refractivity contribution >= 4 is 24.6 Å². The van der Waals surface area contributed by atoms with Crippen molar-refractivity contribution in [1.82, 2.24) is 10.6 Å². The molecule has 2 atom stereocenters. The topological polar surface area (TPSA) is 126 Å². The van der Waals surface area contributed by atoms with E-state index in [4.69, 9.17) is 5.26 Å². The number of carbonyl (C=O) groups excluding carboxylic acids is 2. The molecular formula is C18H24BFN4O4. The minimum absolute atomic E-state index is 0.146. The van der Waals surface area contributed by atoms with Gasteiger partial charge in [-0.05, 0) is 37.0 Å². The van der Waals surface area contributed by atoms with E-state index in [0.717, 1.165) is 6.07 Å². The van der Waals surface area contributed by atoms with Crippen molar-refractivity contribution in [3.63, 3.8) is 0 Å². The van der Waals surface area contributed by atoms with E-state index in [1.165, 1.54) is 12.1 Å². The standard InChI is InChI=1S/C18H24BFN4O4/c1-11(2)7-16(19(27)28)23-17(25)10-22-18(26)15-5-6-24(15)14-4-3-12(9-21)8-13(14)20/h3-4,8,11,15-16,27-28H,5-7,10H2,1-2H3,(H,22,26)(H,23,25)/t15-,16+/m0/s1. The van der Waals surface area contributed by atoms with Crippen LogP contribution in [-0.4, -0.2) is 54.1 Å². The second-order valence-electron chi connectivity index (χ2n) is 7.21. The molecule has 0 unspecified atom stereocenters. The number of hydrogen-bond acceptors (Lipinski definition) is 6. The fourth-order valence-corrected chi connectivity index (χ4v) is 3.06. The molecule has 0 saturated carbocycles. The molecule has 1 aliphatic heterocycles. The third-order valence-corrected chi connectivity index (χ3v) is 4.56. The van der Waals surface area contributed by atoms with E-state index >= 15 is 0 Å². The first-order valence-corrected chi connectivity index (χ1v) is 9.12. The Balaban J connectivity index is 1.89. The maximum Gasteiger partial charge on any atom is 0.475 e. The molecule has 4 N–H and O–H groups in total. The number of rotatable bonds is 8. The van der Waals surface area contributed by atoms with Gasteiger partial charge in [-0.2, -0.15) is 5.26 Å². The number of benzene rings is 1. The number of halogens is 1. The van der Waals surface area contributed by atoms with Gasteiger partial charge in [-0.3, -0.25) is 9.59 Å². The normalized spacial score (nSPS) is 16.8. The Morgan fingerprint density at radius 2 is 2.14 bits per heavy atom. The lowest BCUT2D eigenvalue weighted by molar-refractivity contribution is -0.127. The van der Waals surface area contributed by atoms with Crippen LogP contribution >= 0.6 is 0 Å². The Kier molecular flexibility index (Phi) is 7.37. The van der Waals surface area contributed by atoms with Gasteiger partial charge in [0.05, 0.1) is 29.8 Å². The molecule has 0 spiro atoms. The molecule has 0 aromatic heterocycles. The lowest BCUT2D eigenvalue weighted by atomic mass is 9.75. The van der Waals surface area contributed by atoms with Gasteiger partial charge in [0, 0.05) is 6.54 Å². The highest BCUT2D eigenvalue weighted by atomic mass is 19.1. The van der Waals surface area contributed by atoms with E-state index in [1.54, 1.807) is 4.90 Å². The zero-order chi connectivity index (χ0) is 20.8. The average molecular weight is 390 g/mol.